The fourth-order valence-electron chi connectivity index (χ4n) is 5.36. The minimum Gasteiger partial charge on any atom is -0.385 e. The molecule has 7 heteroatoms. The number of carbonyl (C=O) groups is 1. The van der Waals surface area contributed by atoms with Crippen LogP contribution in [0.4, 0.5) is 4.39 Å². The zero-order chi connectivity index (χ0) is 22.6. The Morgan fingerprint density at radius 2 is 1.94 bits per heavy atom. The number of nitrogens with zero attached hydrogens (tertiary/aromatic N) is 2. The molecule has 2 aromatic carbocycles. The van der Waals surface area contributed by atoms with E-state index in [1.165, 1.54) is 23.3 Å². The Balaban J connectivity index is 1.26. The van der Waals surface area contributed by atoms with E-state index in [1.54, 1.807) is 17.0 Å². The zero-order valence-electron chi connectivity index (χ0n) is 18.2. The molecule has 0 bridgehead atoms. The molecule has 3 heterocycles. The lowest BCUT2D eigenvalue weighted by atomic mass is 9.84. The number of carbonyl (C=O) groups excluding carboxylic acids is 1. The maximum Gasteiger partial charge on any atom is 0.253 e. The van der Waals surface area contributed by atoms with Gasteiger partial charge in [0.25, 0.3) is 5.91 Å². The number of piperidine rings is 1. The van der Waals surface area contributed by atoms with Gasteiger partial charge in [-0.15, -0.1) is 0 Å². The van der Waals surface area contributed by atoms with Crippen molar-refractivity contribution in [2.45, 2.75) is 37.7 Å². The van der Waals surface area contributed by atoms with E-state index in [4.69, 9.17) is 0 Å². The average Bonchev–Trinajstić information content (AvgIpc) is 3.39. The number of nitrogens with one attached hydrogen (secondary N) is 2. The second kappa shape index (κ2) is 7.56. The Morgan fingerprint density at radius 3 is 2.76 bits per heavy atom. The molecule has 1 aliphatic heterocycles. The largest absolute Gasteiger partial charge is 0.385 e. The molecule has 0 spiro atoms. The number of rotatable bonds is 2. The number of aryl methyl sites for hydroxylation is 2. The lowest BCUT2D eigenvalue weighted by molar-refractivity contribution is -0.0213. The summed E-state index contributed by atoms with van der Waals surface area (Å²) in [6.45, 7) is 0.846. The van der Waals surface area contributed by atoms with E-state index in [-0.39, 0.29) is 11.7 Å². The lowest BCUT2D eigenvalue weighted by Gasteiger charge is -2.38. The lowest BCUT2D eigenvalue weighted by Crippen LogP contribution is -2.45. The van der Waals surface area contributed by atoms with Crippen molar-refractivity contribution in [1.82, 2.24) is 20.1 Å². The Bertz CT molecular complexity index is 1360. The number of amides is 1. The number of H-pyrrole nitrogens is 2. The minimum absolute atomic E-state index is 0.0380. The van der Waals surface area contributed by atoms with Crippen LogP contribution in [0.15, 0.2) is 48.7 Å². The van der Waals surface area contributed by atoms with Crippen LogP contribution in [-0.2, 0) is 18.4 Å². The van der Waals surface area contributed by atoms with Gasteiger partial charge in [0.1, 0.15) is 5.82 Å². The van der Waals surface area contributed by atoms with E-state index < -0.39 is 5.60 Å². The van der Waals surface area contributed by atoms with Crippen molar-refractivity contribution >= 4 is 16.8 Å². The van der Waals surface area contributed by atoms with Crippen LogP contribution < -0.4 is 0 Å². The fraction of sp³-hybridized carbons (Fsp3) is 0.308. The van der Waals surface area contributed by atoms with E-state index >= 15 is 0 Å². The van der Waals surface area contributed by atoms with Crippen molar-refractivity contribution < 1.29 is 14.3 Å². The first-order chi connectivity index (χ1) is 16.0. The van der Waals surface area contributed by atoms with Crippen molar-refractivity contribution in [1.29, 1.82) is 0 Å². The van der Waals surface area contributed by atoms with Gasteiger partial charge in [0, 0.05) is 29.6 Å². The number of likely N-dealkylation sites (tertiary alicyclic amines) is 1. The van der Waals surface area contributed by atoms with E-state index in [9.17, 15) is 14.3 Å². The summed E-state index contributed by atoms with van der Waals surface area (Å²) < 4.78 is 13.6. The van der Waals surface area contributed by atoms with Gasteiger partial charge in [-0.3, -0.25) is 9.89 Å². The van der Waals surface area contributed by atoms with Gasteiger partial charge in [0.05, 0.1) is 23.2 Å². The average molecular weight is 445 g/mol. The second-order valence-electron chi connectivity index (χ2n) is 9.20. The highest BCUT2D eigenvalue weighted by Crippen LogP contribution is 2.37. The van der Waals surface area contributed by atoms with Crippen LogP contribution in [0.2, 0.25) is 0 Å². The summed E-state index contributed by atoms with van der Waals surface area (Å²) in [5.74, 6) is -0.399. The monoisotopic (exact) mass is 444 g/mol. The van der Waals surface area contributed by atoms with Crippen molar-refractivity contribution in [3.05, 3.63) is 76.7 Å². The molecule has 1 amide bonds. The molecular weight excluding hydrogens is 419 g/mol. The summed E-state index contributed by atoms with van der Waals surface area (Å²) in [7, 11) is 0. The number of hydrogen-bond acceptors (Lipinski definition) is 3. The summed E-state index contributed by atoms with van der Waals surface area (Å²) in [5.41, 5.74) is 5.68. The van der Waals surface area contributed by atoms with Gasteiger partial charge in [-0.1, -0.05) is 12.1 Å². The molecule has 3 N–H and O–H groups in total. The number of aromatic nitrogens is 3. The third-order valence-electron chi connectivity index (χ3n) is 7.23. The summed E-state index contributed by atoms with van der Waals surface area (Å²) in [4.78, 5) is 18.6. The molecule has 6 rings (SSSR count). The minimum atomic E-state index is -1.11. The van der Waals surface area contributed by atoms with Gasteiger partial charge in [-0.25, -0.2) is 4.39 Å². The van der Waals surface area contributed by atoms with Crippen LogP contribution in [0.25, 0.3) is 22.3 Å². The summed E-state index contributed by atoms with van der Waals surface area (Å²) in [5, 5.41) is 19.5. The van der Waals surface area contributed by atoms with Crippen LogP contribution in [0.3, 0.4) is 0 Å². The fourth-order valence-corrected chi connectivity index (χ4v) is 5.36. The van der Waals surface area contributed by atoms with Crippen molar-refractivity contribution in [3.63, 3.8) is 0 Å². The van der Waals surface area contributed by atoms with Gasteiger partial charge >= 0.3 is 0 Å². The van der Waals surface area contributed by atoms with Crippen molar-refractivity contribution in [2.75, 3.05) is 13.1 Å². The van der Waals surface area contributed by atoms with E-state index in [2.05, 4.69) is 15.2 Å². The predicted octanol–water partition coefficient (Wildman–Crippen LogP) is 4.31. The predicted molar refractivity (Wildman–Crippen MR) is 123 cm³/mol. The third-order valence-corrected chi connectivity index (χ3v) is 7.23. The third kappa shape index (κ3) is 3.35. The molecular formula is C26H25FN4O2. The van der Waals surface area contributed by atoms with Crippen LogP contribution in [0, 0.1) is 5.82 Å². The van der Waals surface area contributed by atoms with Crippen molar-refractivity contribution in [2.24, 2.45) is 0 Å². The molecule has 2 aliphatic rings. The van der Waals surface area contributed by atoms with Gasteiger partial charge in [0.15, 0.2) is 0 Å². The molecule has 6 nitrogen and oxygen atoms in total. The van der Waals surface area contributed by atoms with Crippen LogP contribution >= 0.6 is 0 Å². The summed E-state index contributed by atoms with van der Waals surface area (Å²) in [6, 6.07) is 11.9. The highest BCUT2D eigenvalue weighted by atomic mass is 19.1. The number of benzene rings is 2. The molecule has 168 valence electrons. The standard InChI is InChI=1S/C26H25FN4O2/c27-19-5-2-4-18(14-19)26(33)9-11-31(12-10-26)25(32)16-7-8-22-21(13-16)20-6-1-3-17-15-28-30-23(17)24(20)29-22/h2,4-5,7-8,13-15,29,33H,1,3,6,9-12H2,(H,28,30). The van der Waals surface area contributed by atoms with Gasteiger partial charge in [-0.2, -0.15) is 5.10 Å². The molecule has 0 radical (unpaired) electrons. The van der Waals surface area contributed by atoms with E-state index in [1.807, 2.05) is 24.4 Å². The number of aromatic amines is 2. The Morgan fingerprint density at radius 1 is 1.09 bits per heavy atom. The van der Waals surface area contributed by atoms with Gasteiger partial charge in [-0.05, 0) is 79.1 Å². The zero-order valence-corrected chi connectivity index (χ0v) is 18.2. The van der Waals surface area contributed by atoms with Crippen LogP contribution in [-0.4, -0.2) is 44.2 Å². The quantitative estimate of drug-likeness (QED) is 0.431. The van der Waals surface area contributed by atoms with Crippen LogP contribution in [0.5, 0.6) is 0 Å². The normalized spacial score (nSPS) is 17.5. The maximum atomic E-state index is 13.6. The molecule has 33 heavy (non-hydrogen) atoms. The Labute approximate surface area is 190 Å². The first kappa shape index (κ1) is 20.2. The smallest absolute Gasteiger partial charge is 0.253 e. The molecule has 2 aromatic heterocycles. The molecule has 1 fully saturated rings. The Hall–Kier alpha value is -3.45. The topological polar surface area (TPSA) is 85.0 Å². The molecule has 1 saturated heterocycles. The van der Waals surface area contributed by atoms with Crippen LogP contribution in [0.1, 0.15) is 46.3 Å². The van der Waals surface area contributed by atoms with Gasteiger partial charge < -0.3 is 15.0 Å². The van der Waals surface area contributed by atoms with E-state index in [0.29, 0.717) is 37.1 Å². The molecule has 1 aliphatic carbocycles. The first-order valence-corrected chi connectivity index (χ1v) is 11.5. The first-order valence-electron chi connectivity index (χ1n) is 11.5. The molecule has 4 aromatic rings. The summed E-state index contributed by atoms with van der Waals surface area (Å²) in [6.07, 6.45) is 5.62. The molecule has 0 saturated carbocycles. The molecule has 0 unspecified atom stereocenters. The Kier molecular flexibility index (Phi) is 4.62. The highest BCUT2D eigenvalue weighted by Gasteiger charge is 2.36. The SMILES string of the molecule is O=C(c1ccc2[nH]c3c(c2c1)CCCc1cn[nH]c1-3)N1CCC(O)(c2cccc(F)c2)CC1. The van der Waals surface area contributed by atoms with Gasteiger partial charge in [0.2, 0.25) is 0 Å². The van der Waals surface area contributed by atoms with E-state index in [0.717, 1.165) is 41.6 Å². The number of fused-ring (bicyclic) bond motifs is 5. The number of aliphatic hydroxyl groups is 1. The number of halogens is 1. The van der Waals surface area contributed by atoms with Crippen molar-refractivity contribution in [3.8, 4) is 11.4 Å². The maximum absolute atomic E-state index is 13.6. The number of hydrogen-bond donors (Lipinski definition) is 3. The second-order valence-corrected chi connectivity index (χ2v) is 9.20. The highest BCUT2D eigenvalue weighted by molar-refractivity contribution is 6.00. The molecule has 0 atom stereocenters. The summed E-state index contributed by atoms with van der Waals surface area (Å²) >= 11 is 0.